The first-order valence-electron chi connectivity index (χ1n) is 9.06. The van der Waals surface area contributed by atoms with Crippen molar-refractivity contribution in [3.8, 4) is 11.5 Å². The van der Waals surface area contributed by atoms with Crippen LogP contribution in [0.3, 0.4) is 0 Å². The van der Waals surface area contributed by atoms with Gasteiger partial charge in [-0.15, -0.1) is 0 Å². The zero-order chi connectivity index (χ0) is 19.0. The maximum atomic E-state index is 13.0. The third kappa shape index (κ3) is 3.23. The van der Waals surface area contributed by atoms with Crippen molar-refractivity contribution >= 4 is 16.9 Å². The molecule has 0 aliphatic carbocycles. The molecule has 1 atom stereocenters. The maximum absolute atomic E-state index is 13.0. The number of imidazole rings is 1. The van der Waals surface area contributed by atoms with Crippen LogP contribution < -0.4 is 9.47 Å². The summed E-state index contributed by atoms with van der Waals surface area (Å²) in [5, 5.41) is 0. The van der Waals surface area contributed by atoms with E-state index in [1.165, 1.54) is 0 Å². The first kappa shape index (κ1) is 17.4. The molecule has 0 radical (unpaired) electrons. The van der Waals surface area contributed by atoms with E-state index in [1.54, 1.807) is 14.2 Å². The summed E-state index contributed by atoms with van der Waals surface area (Å²) in [6, 6.07) is 11.5. The lowest BCUT2D eigenvalue weighted by molar-refractivity contribution is 0.0791. The fraction of sp³-hybridized carbons (Fsp3) is 0.333. The van der Waals surface area contributed by atoms with Gasteiger partial charge in [0.25, 0.3) is 5.91 Å². The highest BCUT2D eigenvalue weighted by Gasteiger charge is 2.30. The molecule has 2 aromatic carbocycles. The average molecular weight is 365 g/mol. The SMILES string of the molecule is COc1ccc(OC)c(C2CCN(C(=O)c3ccc4nc(C)[nH]c4c3)C2)c1. The molecule has 2 heterocycles. The number of ether oxygens (including phenoxy) is 2. The molecule has 1 saturated heterocycles. The van der Waals surface area contributed by atoms with Gasteiger partial charge in [0.15, 0.2) is 0 Å². The van der Waals surface area contributed by atoms with E-state index < -0.39 is 0 Å². The molecule has 4 rings (SSSR count). The predicted octanol–water partition coefficient (Wildman–Crippen LogP) is 3.52. The van der Waals surface area contributed by atoms with Gasteiger partial charge >= 0.3 is 0 Å². The third-order valence-corrected chi connectivity index (χ3v) is 5.20. The molecule has 1 unspecified atom stereocenters. The fourth-order valence-corrected chi connectivity index (χ4v) is 3.81. The van der Waals surface area contributed by atoms with Crippen LogP contribution in [0, 0.1) is 6.92 Å². The van der Waals surface area contributed by atoms with Gasteiger partial charge in [0.1, 0.15) is 17.3 Å². The Bertz CT molecular complexity index is 996. The van der Waals surface area contributed by atoms with E-state index in [2.05, 4.69) is 9.97 Å². The number of carbonyl (C=O) groups excluding carboxylic acids is 1. The van der Waals surface area contributed by atoms with Crippen LogP contribution in [0.25, 0.3) is 11.0 Å². The third-order valence-electron chi connectivity index (χ3n) is 5.20. The van der Waals surface area contributed by atoms with Crippen LogP contribution in [0.4, 0.5) is 0 Å². The number of nitrogens with zero attached hydrogens (tertiary/aromatic N) is 2. The van der Waals surface area contributed by atoms with Crippen molar-refractivity contribution < 1.29 is 14.3 Å². The van der Waals surface area contributed by atoms with Gasteiger partial charge in [0.2, 0.25) is 0 Å². The van der Waals surface area contributed by atoms with Crippen molar-refractivity contribution in [2.24, 2.45) is 0 Å². The maximum Gasteiger partial charge on any atom is 0.253 e. The van der Waals surface area contributed by atoms with Crippen LogP contribution in [0.1, 0.15) is 34.1 Å². The van der Waals surface area contributed by atoms with Crippen LogP contribution in [-0.4, -0.2) is 48.1 Å². The molecular weight excluding hydrogens is 342 g/mol. The monoisotopic (exact) mass is 365 g/mol. The normalized spacial score (nSPS) is 16.7. The smallest absolute Gasteiger partial charge is 0.253 e. The molecule has 140 valence electrons. The van der Waals surface area contributed by atoms with Crippen LogP contribution in [0.5, 0.6) is 11.5 Å². The Morgan fingerprint density at radius 2 is 2.04 bits per heavy atom. The molecule has 1 aromatic heterocycles. The van der Waals surface area contributed by atoms with E-state index in [-0.39, 0.29) is 11.8 Å². The van der Waals surface area contributed by atoms with Crippen molar-refractivity contribution in [2.45, 2.75) is 19.3 Å². The number of methoxy groups -OCH3 is 2. The number of carbonyl (C=O) groups is 1. The Morgan fingerprint density at radius 1 is 1.19 bits per heavy atom. The summed E-state index contributed by atoms with van der Waals surface area (Å²) < 4.78 is 10.9. The Labute approximate surface area is 158 Å². The summed E-state index contributed by atoms with van der Waals surface area (Å²) in [5.74, 6) is 2.77. The van der Waals surface area contributed by atoms with Gasteiger partial charge in [-0.3, -0.25) is 4.79 Å². The Morgan fingerprint density at radius 3 is 2.81 bits per heavy atom. The van der Waals surface area contributed by atoms with E-state index in [9.17, 15) is 4.79 Å². The topological polar surface area (TPSA) is 67.5 Å². The van der Waals surface area contributed by atoms with Crippen molar-refractivity contribution in [3.05, 3.63) is 53.3 Å². The lowest BCUT2D eigenvalue weighted by Crippen LogP contribution is -2.28. The van der Waals surface area contributed by atoms with Crippen LogP contribution in [0.2, 0.25) is 0 Å². The zero-order valence-electron chi connectivity index (χ0n) is 15.8. The number of H-pyrrole nitrogens is 1. The lowest BCUT2D eigenvalue weighted by atomic mass is 9.97. The Hall–Kier alpha value is -3.02. The summed E-state index contributed by atoms with van der Waals surface area (Å²) in [4.78, 5) is 22.5. The summed E-state index contributed by atoms with van der Waals surface area (Å²) >= 11 is 0. The highest BCUT2D eigenvalue weighted by atomic mass is 16.5. The molecule has 1 N–H and O–H groups in total. The number of hydrogen-bond acceptors (Lipinski definition) is 4. The standard InChI is InChI=1S/C21H23N3O3/c1-13-22-18-6-4-14(10-19(18)23-13)21(25)24-9-8-15(12-24)17-11-16(26-2)5-7-20(17)27-3/h4-7,10-11,15H,8-9,12H2,1-3H3,(H,22,23). The molecular formula is C21H23N3O3. The lowest BCUT2D eigenvalue weighted by Gasteiger charge is -2.18. The van der Waals surface area contributed by atoms with E-state index in [1.807, 2.05) is 48.2 Å². The number of aryl methyl sites for hydroxylation is 1. The van der Waals surface area contributed by atoms with Crippen LogP contribution in [0.15, 0.2) is 36.4 Å². The number of benzene rings is 2. The Kier molecular flexibility index (Phi) is 4.48. The quantitative estimate of drug-likeness (QED) is 0.768. The van der Waals surface area contributed by atoms with Gasteiger partial charge in [-0.1, -0.05) is 0 Å². The first-order valence-corrected chi connectivity index (χ1v) is 9.06. The minimum absolute atomic E-state index is 0.0496. The van der Waals surface area contributed by atoms with Crippen molar-refractivity contribution in [1.82, 2.24) is 14.9 Å². The number of hydrogen-bond donors (Lipinski definition) is 1. The number of likely N-dealkylation sites (tertiary alicyclic amines) is 1. The number of nitrogens with one attached hydrogen (secondary N) is 1. The highest BCUT2D eigenvalue weighted by molar-refractivity contribution is 5.97. The van der Waals surface area contributed by atoms with Gasteiger partial charge in [-0.05, 0) is 49.7 Å². The van der Waals surface area contributed by atoms with Gasteiger partial charge in [0, 0.05) is 30.1 Å². The second-order valence-electron chi connectivity index (χ2n) is 6.90. The zero-order valence-corrected chi connectivity index (χ0v) is 15.8. The van der Waals surface area contributed by atoms with Crippen molar-refractivity contribution in [1.29, 1.82) is 0 Å². The average Bonchev–Trinajstić information content (AvgIpc) is 3.32. The Balaban J connectivity index is 1.55. The van der Waals surface area contributed by atoms with Crippen LogP contribution >= 0.6 is 0 Å². The fourth-order valence-electron chi connectivity index (χ4n) is 3.81. The number of aromatic nitrogens is 2. The van der Waals surface area contributed by atoms with E-state index in [0.717, 1.165) is 46.9 Å². The molecule has 1 aliphatic rings. The van der Waals surface area contributed by atoms with Crippen molar-refractivity contribution in [2.75, 3.05) is 27.3 Å². The first-order chi connectivity index (χ1) is 13.1. The molecule has 1 fully saturated rings. The molecule has 0 bridgehead atoms. The summed E-state index contributed by atoms with van der Waals surface area (Å²) in [7, 11) is 3.33. The largest absolute Gasteiger partial charge is 0.497 e. The summed E-state index contributed by atoms with van der Waals surface area (Å²) in [6.07, 6.45) is 0.903. The van der Waals surface area contributed by atoms with E-state index in [0.29, 0.717) is 12.1 Å². The molecule has 6 nitrogen and oxygen atoms in total. The van der Waals surface area contributed by atoms with Gasteiger partial charge in [-0.2, -0.15) is 0 Å². The van der Waals surface area contributed by atoms with Gasteiger partial charge < -0.3 is 19.4 Å². The molecule has 27 heavy (non-hydrogen) atoms. The number of rotatable bonds is 4. The summed E-state index contributed by atoms with van der Waals surface area (Å²) in [6.45, 7) is 3.31. The van der Waals surface area contributed by atoms with E-state index >= 15 is 0 Å². The predicted molar refractivity (Wildman–Crippen MR) is 104 cm³/mol. The molecule has 3 aromatic rings. The minimum Gasteiger partial charge on any atom is -0.497 e. The van der Waals surface area contributed by atoms with Gasteiger partial charge in [0.05, 0.1) is 25.3 Å². The molecule has 1 amide bonds. The molecule has 6 heteroatoms. The van der Waals surface area contributed by atoms with Gasteiger partial charge in [-0.25, -0.2) is 4.98 Å². The highest BCUT2D eigenvalue weighted by Crippen LogP contribution is 2.36. The number of aromatic amines is 1. The summed E-state index contributed by atoms with van der Waals surface area (Å²) in [5.41, 5.74) is 3.55. The van der Waals surface area contributed by atoms with E-state index in [4.69, 9.17) is 9.47 Å². The molecule has 0 saturated carbocycles. The van der Waals surface area contributed by atoms with Crippen LogP contribution in [-0.2, 0) is 0 Å². The second-order valence-corrected chi connectivity index (χ2v) is 6.90. The molecule has 0 spiro atoms. The van der Waals surface area contributed by atoms with Crippen molar-refractivity contribution in [3.63, 3.8) is 0 Å². The number of amides is 1. The minimum atomic E-state index is 0.0496. The molecule has 1 aliphatic heterocycles. The second kappa shape index (κ2) is 6.95. The number of fused-ring (bicyclic) bond motifs is 1.